The Kier molecular flexibility index (Phi) is 7.09. The first-order valence-corrected chi connectivity index (χ1v) is 12.8. The number of hydrogen-bond donors (Lipinski definition) is 1. The van der Waals surface area contributed by atoms with Crippen LogP contribution in [0.15, 0.2) is 59.8 Å². The van der Waals surface area contributed by atoms with E-state index in [1.165, 1.54) is 47.4 Å². The van der Waals surface area contributed by atoms with Gasteiger partial charge in [-0.2, -0.15) is 4.68 Å². The molecule has 1 atom stereocenters. The molecule has 0 radical (unpaired) electrons. The Balaban J connectivity index is 1.67. The lowest BCUT2D eigenvalue weighted by atomic mass is 10.1. The third-order valence-electron chi connectivity index (χ3n) is 5.00. The predicted molar refractivity (Wildman–Crippen MR) is 127 cm³/mol. The van der Waals surface area contributed by atoms with Crippen LogP contribution in [0.5, 0.6) is 0 Å². The number of aromatic nitrogens is 5. The molecule has 13 heteroatoms. The van der Waals surface area contributed by atoms with Gasteiger partial charge in [-0.15, -0.1) is 5.10 Å². The lowest BCUT2D eigenvalue weighted by Crippen LogP contribution is -2.29. The molecule has 2 heterocycles. The normalized spacial score (nSPS) is 12.4. The van der Waals surface area contributed by atoms with Crippen LogP contribution in [0.2, 0.25) is 5.02 Å². The van der Waals surface area contributed by atoms with Crippen LogP contribution in [0.3, 0.4) is 0 Å². The maximum atomic E-state index is 13.6. The minimum Gasteiger partial charge on any atom is -0.342 e. The number of carbonyl (C=O) groups excluding carboxylic acids is 1. The van der Waals surface area contributed by atoms with Crippen molar-refractivity contribution in [2.45, 2.75) is 24.3 Å². The lowest BCUT2D eigenvalue weighted by molar-refractivity contribution is 0.0937. The van der Waals surface area contributed by atoms with Gasteiger partial charge in [0.1, 0.15) is 11.6 Å². The number of carbonyl (C=O) groups is 1. The fourth-order valence-corrected chi connectivity index (χ4v) is 4.40. The van der Waals surface area contributed by atoms with Crippen molar-refractivity contribution in [2.24, 2.45) is 0 Å². The predicted octanol–water partition coefficient (Wildman–Crippen LogP) is 3.47. The number of sulfone groups is 1. The molecule has 1 unspecified atom stereocenters. The summed E-state index contributed by atoms with van der Waals surface area (Å²) in [5, 5.41) is 7.20. The van der Waals surface area contributed by atoms with Crippen LogP contribution in [-0.4, -0.2) is 45.3 Å². The average molecular weight is 533 g/mol. The Hall–Kier alpha value is -3.77. The Morgan fingerprint density at radius 2 is 1.75 bits per heavy atom. The standard InChI is InChI=1S/C23H19ClF2N6O3S/c1-13(29-22(33)15-9-16(24)11-19(10-15)36(2,34)35)21-30-20(8-14-6-17(25)12-18(26)7-14)31-32(21)23-27-4-3-5-28-23/h3-7,9-13H,8H2,1-2H3,(H,29,33). The smallest absolute Gasteiger partial charge is 0.252 e. The van der Waals surface area contributed by atoms with E-state index in [0.717, 1.165) is 12.3 Å². The quantitative estimate of drug-likeness (QED) is 0.387. The number of hydrogen-bond acceptors (Lipinski definition) is 7. The molecule has 0 bridgehead atoms. The Bertz CT molecular complexity index is 1530. The van der Waals surface area contributed by atoms with Gasteiger partial charge in [0.15, 0.2) is 21.5 Å². The molecule has 4 rings (SSSR count). The van der Waals surface area contributed by atoms with Gasteiger partial charge in [0.05, 0.1) is 10.9 Å². The van der Waals surface area contributed by atoms with Crippen LogP contribution in [0, 0.1) is 11.6 Å². The zero-order valence-corrected chi connectivity index (χ0v) is 20.6. The Morgan fingerprint density at radius 3 is 2.39 bits per heavy atom. The van der Waals surface area contributed by atoms with Crippen LogP contribution in [-0.2, 0) is 16.3 Å². The van der Waals surface area contributed by atoms with Crippen LogP contribution < -0.4 is 5.32 Å². The molecule has 36 heavy (non-hydrogen) atoms. The summed E-state index contributed by atoms with van der Waals surface area (Å²) in [6.07, 6.45) is 4.01. The number of nitrogens with one attached hydrogen (secondary N) is 1. The first kappa shape index (κ1) is 25.3. The average Bonchev–Trinajstić information content (AvgIpc) is 3.22. The molecule has 4 aromatic rings. The topological polar surface area (TPSA) is 120 Å². The molecule has 186 valence electrons. The first-order chi connectivity index (χ1) is 17.0. The molecule has 1 N–H and O–H groups in total. The molecule has 0 fully saturated rings. The van der Waals surface area contributed by atoms with Crippen molar-refractivity contribution in [3.8, 4) is 5.95 Å². The van der Waals surface area contributed by atoms with Crippen molar-refractivity contribution in [1.82, 2.24) is 30.0 Å². The zero-order chi connectivity index (χ0) is 26.0. The second-order valence-electron chi connectivity index (χ2n) is 7.94. The van der Waals surface area contributed by atoms with Gasteiger partial charge in [0, 0.05) is 41.7 Å². The van der Waals surface area contributed by atoms with Crippen molar-refractivity contribution < 1.29 is 22.0 Å². The molecule has 0 saturated carbocycles. The van der Waals surface area contributed by atoms with Crippen molar-refractivity contribution in [1.29, 1.82) is 0 Å². The molecule has 2 aromatic carbocycles. The summed E-state index contributed by atoms with van der Waals surface area (Å²) in [6, 6.07) is 7.78. The fourth-order valence-electron chi connectivity index (χ4n) is 3.42. The third kappa shape index (κ3) is 5.89. The van der Waals surface area contributed by atoms with E-state index in [1.54, 1.807) is 13.0 Å². The summed E-state index contributed by atoms with van der Waals surface area (Å²) in [5.74, 6) is -1.44. The van der Waals surface area contributed by atoms with Gasteiger partial charge in [-0.25, -0.2) is 32.2 Å². The molecule has 0 spiro atoms. The summed E-state index contributed by atoms with van der Waals surface area (Å²) in [4.78, 5) is 25.6. The minimum atomic E-state index is -3.60. The second-order valence-corrected chi connectivity index (χ2v) is 10.4. The lowest BCUT2D eigenvalue weighted by Gasteiger charge is -2.14. The maximum Gasteiger partial charge on any atom is 0.252 e. The highest BCUT2D eigenvalue weighted by atomic mass is 35.5. The zero-order valence-electron chi connectivity index (χ0n) is 19.0. The SMILES string of the molecule is CC(NC(=O)c1cc(Cl)cc(S(C)(=O)=O)c1)c1nc(Cc2cc(F)cc(F)c2)nn1-c1ncccn1. The Labute approximate surface area is 210 Å². The third-order valence-corrected chi connectivity index (χ3v) is 6.31. The maximum absolute atomic E-state index is 13.6. The van der Waals surface area contributed by atoms with E-state index in [1.807, 2.05) is 0 Å². The largest absolute Gasteiger partial charge is 0.342 e. The minimum absolute atomic E-state index is 0.00813. The van der Waals surface area contributed by atoms with Gasteiger partial charge in [-0.1, -0.05) is 11.6 Å². The van der Waals surface area contributed by atoms with Gasteiger partial charge in [-0.3, -0.25) is 4.79 Å². The first-order valence-electron chi connectivity index (χ1n) is 10.5. The molecule has 0 aliphatic heterocycles. The number of rotatable bonds is 7. The fraction of sp³-hybridized carbons (Fsp3) is 0.174. The highest BCUT2D eigenvalue weighted by molar-refractivity contribution is 7.90. The molecule has 0 saturated heterocycles. The van der Waals surface area contributed by atoms with E-state index in [4.69, 9.17) is 11.6 Å². The Morgan fingerprint density at radius 1 is 1.08 bits per heavy atom. The summed E-state index contributed by atoms with van der Waals surface area (Å²) >= 11 is 6.02. The van der Waals surface area contributed by atoms with Gasteiger partial charge < -0.3 is 5.32 Å². The molecular weight excluding hydrogens is 514 g/mol. The van der Waals surface area contributed by atoms with E-state index in [9.17, 15) is 22.0 Å². The van der Waals surface area contributed by atoms with E-state index >= 15 is 0 Å². The molecule has 0 aliphatic carbocycles. The van der Waals surface area contributed by atoms with E-state index in [-0.39, 0.29) is 39.5 Å². The van der Waals surface area contributed by atoms with Crippen molar-refractivity contribution in [3.63, 3.8) is 0 Å². The molecule has 2 aromatic heterocycles. The van der Waals surface area contributed by atoms with Crippen LogP contribution >= 0.6 is 11.6 Å². The molecular formula is C23H19ClF2N6O3S. The summed E-state index contributed by atoms with van der Waals surface area (Å²) in [7, 11) is -3.60. The summed E-state index contributed by atoms with van der Waals surface area (Å²) < 4.78 is 52.5. The number of halogens is 3. The second kappa shape index (κ2) is 10.1. The van der Waals surface area contributed by atoms with E-state index < -0.39 is 33.4 Å². The van der Waals surface area contributed by atoms with E-state index in [2.05, 4.69) is 25.4 Å². The van der Waals surface area contributed by atoms with Crippen molar-refractivity contribution in [3.05, 3.63) is 94.3 Å². The number of nitrogens with zero attached hydrogens (tertiary/aromatic N) is 5. The van der Waals surface area contributed by atoms with Gasteiger partial charge >= 0.3 is 0 Å². The van der Waals surface area contributed by atoms with E-state index in [0.29, 0.717) is 5.56 Å². The van der Waals surface area contributed by atoms with Crippen LogP contribution in [0.4, 0.5) is 8.78 Å². The highest BCUT2D eigenvalue weighted by Crippen LogP contribution is 2.21. The highest BCUT2D eigenvalue weighted by Gasteiger charge is 2.23. The van der Waals surface area contributed by atoms with Crippen LogP contribution in [0.25, 0.3) is 5.95 Å². The molecule has 9 nitrogen and oxygen atoms in total. The molecule has 0 aliphatic rings. The number of amides is 1. The van der Waals surface area contributed by atoms with Gasteiger partial charge in [0.2, 0.25) is 0 Å². The monoisotopic (exact) mass is 532 g/mol. The number of benzene rings is 2. The summed E-state index contributed by atoms with van der Waals surface area (Å²) in [5.41, 5.74) is 0.348. The van der Waals surface area contributed by atoms with Crippen LogP contribution in [0.1, 0.15) is 40.5 Å². The van der Waals surface area contributed by atoms with Crippen molar-refractivity contribution in [2.75, 3.05) is 6.26 Å². The van der Waals surface area contributed by atoms with Crippen molar-refractivity contribution >= 4 is 27.3 Å². The van der Waals surface area contributed by atoms with Gasteiger partial charge in [0.25, 0.3) is 11.9 Å². The summed E-state index contributed by atoms with van der Waals surface area (Å²) in [6.45, 7) is 1.63. The molecule has 1 amide bonds. The van der Waals surface area contributed by atoms with Gasteiger partial charge in [-0.05, 0) is 48.9 Å².